The number of aromatic hydroxyl groups is 1. The summed E-state index contributed by atoms with van der Waals surface area (Å²) in [6.45, 7) is 3.79. The van der Waals surface area contributed by atoms with Crippen molar-refractivity contribution in [2.75, 3.05) is 12.0 Å². The van der Waals surface area contributed by atoms with Crippen LogP contribution in [0.5, 0.6) is 11.5 Å². The summed E-state index contributed by atoms with van der Waals surface area (Å²) in [6.07, 6.45) is 1.34. The molecule has 2 aromatic carbocycles. The highest BCUT2D eigenvalue weighted by atomic mass is 79.9. The number of aryl methyl sites for hydroxylation is 2. The smallest absolute Gasteiger partial charge is 0.335 e. The Balaban J connectivity index is 2.06. The van der Waals surface area contributed by atoms with Gasteiger partial charge in [0.05, 0.1) is 17.3 Å². The van der Waals surface area contributed by atoms with E-state index in [0.717, 1.165) is 16.0 Å². The molecule has 3 rings (SSSR count). The quantitative estimate of drug-likeness (QED) is 0.558. The molecule has 7 nitrogen and oxygen atoms in total. The van der Waals surface area contributed by atoms with E-state index in [2.05, 4.69) is 21.2 Å². The minimum atomic E-state index is -0.806. The van der Waals surface area contributed by atoms with Gasteiger partial charge in [-0.15, -0.1) is 0 Å². The third kappa shape index (κ3) is 3.50. The summed E-state index contributed by atoms with van der Waals surface area (Å²) in [4.78, 5) is 38.4. The van der Waals surface area contributed by atoms with E-state index in [1.807, 2.05) is 13.8 Å². The van der Waals surface area contributed by atoms with Crippen molar-refractivity contribution in [1.29, 1.82) is 0 Å². The molecule has 4 amide bonds. The molecule has 1 heterocycles. The van der Waals surface area contributed by atoms with Crippen LogP contribution in [0.15, 0.2) is 40.4 Å². The maximum atomic E-state index is 12.9. The summed E-state index contributed by atoms with van der Waals surface area (Å²) in [7, 11) is 1.39. The van der Waals surface area contributed by atoms with Gasteiger partial charge in [-0.05, 0) is 76.8 Å². The van der Waals surface area contributed by atoms with Gasteiger partial charge in [0, 0.05) is 0 Å². The Morgan fingerprint density at radius 2 is 1.82 bits per heavy atom. The Morgan fingerprint density at radius 3 is 2.46 bits per heavy atom. The molecule has 1 saturated heterocycles. The first kappa shape index (κ1) is 19.6. The van der Waals surface area contributed by atoms with Crippen LogP contribution >= 0.6 is 15.9 Å². The number of barbiturate groups is 1. The van der Waals surface area contributed by atoms with Crippen molar-refractivity contribution in [2.45, 2.75) is 13.8 Å². The van der Waals surface area contributed by atoms with Gasteiger partial charge in [-0.1, -0.05) is 6.07 Å². The first-order valence-corrected chi connectivity index (χ1v) is 9.07. The second-order valence-corrected chi connectivity index (χ2v) is 7.13. The molecule has 0 saturated carbocycles. The first-order valence-electron chi connectivity index (χ1n) is 8.28. The fourth-order valence-electron chi connectivity index (χ4n) is 2.76. The van der Waals surface area contributed by atoms with E-state index < -0.39 is 17.8 Å². The van der Waals surface area contributed by atoms with Crippen LogP contribution in [0.3, 0.4) is 0 Å². The number of nitrogens with one attached hydrogen (secondary N) is 1. The standard InChI is InChI=1S/C20H17BrN2O5/c1-10-4-5-13(6-11(10)2)23-19(26)14(18(25)22-20(23)27)7-12-8-15(21)17(24)16(9-12)28-3/h4-9,24H,1-3H3,(H,22,25,27)/b14-7-. The summed E-state index contributed by atoms with van der Waals surface area (Å²) in [5.41, 5.74) is 2.52. The van der Waals surface area contributed by atoms with Crippen LogP contribution in [0.4, 0.5) is 10.5 Å². The Bertz CT molecular complexity index is 1050. The number of hydrogen-bond donors (Lipinski definition) is 2. The van der Waals surface area contributed by atoms with E-state index >= 15 is 0 Å². The summed E-state index contributed by atoms with van der Waals surface area (Å²) in [6, 6.07) is 7.35. The Kier molecular flexibility index (Phi) is 5.24. The lowest BCUT2D eigenvalue weighted by Crippen LogP contribution is -2.54. The predicted octanol–water partition coefficient (Wildman–Crippen LogP) is 3.45. The number of carbonyl (C=O) groups excluding carboxylic acids is 3. The van der Waals surface area contributed by atoms with Gasteiger partial charge in [0.25, 0.3) is 11.8 Å². The van der Waals surface area contributed by atoms with Gasteiger partial charge in [0.1, 0.15) is 5.57 Å². The van der Waals surface area contributed by atoms with Gasteiger partial charge >= 0.3 is 6.03 Å². The van der Waals surface area contributed by atoms with Crippen LogP contribution in [0.1, 0.15) is 16.7 Å². The molecule has 0 atom stereocenters. The van der Waals surface area contributed by atoms with Gasteiger partial charge < -0.3 is 9.84 Å². The van der Waals surface area contributed by atoms with E-state index in [1.165, 1.54) is 25.3 Å². The van der Waals surface area contributed by atoms with Crippen molar-refractivity contribution >= 4 is 45.5 Å². The molecule has 0 aromatic heterocycles. The highest BCUT2D eigenvalue weighted by molar-refractivity contribution is 9.10. The van der Waals surface area contributed by atoms with Crippen molar-refractivity contribution in [2.24, 2.45) is 0 Å². The number of hydrogen-bond acceptors (Lipinski definition) is 5. The number of imide groups is 2. The number of phenolic OH excluding ortho intramolecular Hbond substituents is 1. The van der Waals surface area contributed by atoms with E-state index in [0.29, 0.717) is 15.7 Å². The zero-order valence-electron chi connectivity index (χ0n) is 15.4. The Labute approximate surface area is 169 Å². The van der Waals surface area contributed by atoms with Crippen molar-refractivity contribution in [3.05, 3.63) is 57.1 Å². The number of methoxy groups -OCH3 is 1. The van der Waals surface area contributed by atoms with Crippen molar-refractivity contribution < 1.29 is 24.2 Å². The molecule has 1 fully saturated rings. The fraction of sp³-hybridized carbons (Fsp3) is 0.150. The normalized spacial score (nSPS) is 15.8. The minimum Gasteiger partial charge on any atom is -0.503 e. The van der Waals surface area contributed by atoms with Crippen LogP contribution in [0.2, 0.25) is 0 Å². The molecule has 0 radical (unpaired) electrons. The summed E-state index contributed by atoms with van der Waals surface area (Å²) < 4.78 is 5.42. The van der Waals surface area contributed by atoms with Crippen molar-refractivity contribution in [3.63, 3.8) is 0 Å². The number of nitrogens with zero attached hydrogens (tertiary/aromatic N) is 1. The third-order valence-electron chi connectivity index (χ3n) is 4.43. The van der Waals surface area contributed by atoms with Crippen LogP contribution in [-0.2, 0) is 9.59 Å². The molecule has 0 bridgehead atoms. The molecule has 0 unspecified atom stereocenters. The second kappa shape index (κ2) is 7.47. The van der Waals surface area contributed by atoms with Gasteiger partial charge in [0.2, 0.25) is 0 Å². The zero-order chi connectivity index (χ0) is 20.6. The summed E-state index contributed by atoms with van der Waals surface area (Å²) >= 11 is 3.20. The fourth-order valence-corrected chi connectivity index (χ4v) is 3.22. The number of phenols is 1. The van der Waals surface area contributed by atoms with Crippen LogP contribution < -0.4 is 15.0 Å². The monoisotopic (exact) mass is 444 g/mol. The summed E-state index contributed by atoms with van der Waals surface area (Å²) in [5, 5.41) is 12.1. The van der Waals surface area contributed by atoms with Crippen LogP contribution in [0, 0.1) is 13.8 Å². The van der Waals surface area contributed by atoms with Gasteiger partial charge in [-0.3, -0.25) is 14.9 Å². The second-order valence-electron chi connectivity index (χ2n) is 6.28. The minimum absolute atomic E-state index is 0.101. The molecule has 8 heteroatoms. The van der Waals surface area contributed by atoms with E-state index in [9.17, 15) is 19.5 Å². The highest BCUT2D eigenvalue weighted by Gasteiger charge is 2.37. The Hall–Kier alpha value is -3.13. The number of carbonyl (C=O) groups is 3. The molecular weight excluding hydrogens is 428 g/mol. The van der Waals surface area contributed by atoms with Crippen LogP contribution in [0.25, 0.3) is 6.08 Å². The lowest BCUT2D eigenvalue weighted by Gasteiger charge is -2.26. The molecular formula is C20H17BrN2O5. The molecule has 1 aliphatic heterocycles. The number of amides is 4. The van der Waals surface area contributed by atoms with E-state index in [-0.39, 0.29) is 17.1 Å². The number of urea groups is 1. The number of halogens is 1. The lowest BCUT2D eigenvalue weighted by molar-refractivity contribution is -0.122. The van der Waals surface area contributed by atoms with Gasteiger partial charge in [-0.25, -0.2) is 9.69 Å². The lowest BCUT2D eigenvalue weighted by atomic mass is 10.0. The predicted molar refractivity (Wildman–Crippen MR) is 107 cm³/mol. The van der Waals surface area contributed by atoms with Crippen LogP contribution in [-0.4, -0.2) is 30.1 Å². The van der Waals surface area contributed by atoms with Gasteiger partial charge in [0.15, 0.2) is 11.5 Å². The number of rotatable bonds is 3. The Morgan fingerprint density at radius 1 is 1.11 bits per heavy atom. The molecule has 2 N–H and O–H groups in total. The molecule has 0 spiro atoms. The average Bonchev–Trinajstić information content (AvgIpc) is 2.64. The first-order chi connectivity index (χ1) is 13.2. The average molecular weight is 445 g/mol. The maximum Gasteiger partial charge on any atom is 0.335 e. The van der Waals surface area contributed by atoms with Crippen molar-refractivity contribution in [3.8, 4) is 11.5 Å². The highest BCUT2D eigenvalue weighted by Crippen LogP contribution is 2.36. The van der Waals surface area contributed by atoms with Gasteiger partial charge in [-0.2, -0.15) is 0 Å². The zero-order valence-corrected chi connectivity index (χ0v) is 17.0. The molecule has 144 valence electrons. The van der Waals surface area contributed by atoms with Crippen molar-refractivity contribution in [1.82, 2.24) is 5.32 Å². The molecule has 2 aromatic rings. The number of benzene rings is 2. The molecule has 1 aliphatic rings. The molecule has 0 aliphatic carbocycles. The third-order valence-corrected chi connectivity index (χ3v) is 5.04. The number of anilines is 1. The largest absolute Gasteiger partial charge is 0.503 e. The molecule has 28 heavy (non-hydrogen) atoms. The summed E-state index contributed by atoms with van der Waals surface area (Å²) in [5.74, 6) is -1.46. The van der Waals surface area contributed by atoms with E-state index in [1.54, 1.807) is 18.2 Å². The maximum absolute atomic E-state index is 12.9. The SMILES string of the molecule is COc1cc(/C=C2/C(=O)NC(=O)N(c3ccc(C)c(C)c3)C2=O)cc(Br)c1O. The van der Waals surface area contributed by atoms with E-state index in [4.69, 9.17) is 4.74 Å². The number of ether oxygens (including phenoxy) is 1. The topological polar surface area (TPSA) is 95.9 Å².